The Balaban J connectivity index is 1.58. The summed E-state index contributed by atoms with van der Waals surface area (Å²) in [7, 11) is 0. The topological polar surface area (TPSA) is 46.4 Å². The van der Waals surface area contributed by atoms with Crippen LogP contribution in [0, 0.1) is 13.8 Å². The van der Waals surface area contributed by atoms with Crippen molar-refractivity contribution in [2.75, 3.05) is 0 Å². The molecule has 2 heterocycles. The van der Waals surface area contributed by atoms with E-state index in [1.807, 2.05) is 36.4 Å². The smallest absolute Gasteiger partial charge is 0.264 e. The van der Waals surface area contributed by atoms with Crippen molar-refractivity contribution in [2.45, 2.75) is 40.0 Å². The molecule has 0 unspecified atom stereocenters. The average Bonchev–Trinajstić information content (AvgIpc) is 3.25. The second kappa shape index (κ2) is 9.40. The number of aryl methyl sites for hydroxylation is 2. The molecule has 158 valence electrons. The molecular weight excluding hydrogens is 402 g/mol. The lowest BCUT2D eigenvalue weighted by Gasteiger charge is -2.11. The molecule has 3 aromatic rings. The fourth-order valence-electron chi connectivity index (χ4n) is 3.77. The van der Waals surface area contributed by atoms with E-state index in [1.165, 1.54) is 30.2 Å². The van der Waals surface area contributed by atoms with Crippen LogP contribution in [0.4, 0.5) is 5.69 Å². The van der Waals surface area contributed by atoms with Gasteiger partial charge in [0.2, 0.25) is 0 Å². The number of nitrogens with zero attached hydrogens (tertiary/aromatic N) is 2. The number of aliphatic imine (C=N–C) groups is 1. The number of aromatic nitrogens is 1. The van der Waals surface area contributed by atoms with Gasteiger partial charge in [-0.15, -0.1) is 0 Å². The summed E-state index contributed by atoms with van der Waals surface area (Å²) in [6.07, 6.45) is 5.51. The summed E-state index contributed by atoms with van der Waals surface area (Å²) in [4.78, 5) is 17.7. The molecule has 0 spiro atoms. The van der Waals surface area contributed by atoms with Crippen molar-refractivity contribution in [1.82, 2.24) is 9.88 Å². The highest BCUT2D eigenvalue weighted by Gasteiger charge is 2.24. The molecule has 1 fully saturated rings. The Morgan fingerprint density at radius 1 is 1.06 bits per heavy atom. The molecule has 1 aliphatic rings. The van der Waals surface area contributed by atoms with E-state index in [0.29, 0.717) is 10.1 Å². The van der Waals surface area contributed by atoms with E-state index in [1.54, 1.807) is 0 Å². The van der Waals surface area contributed by atoms with E-state index >= 15 is 0 Å². The van der Waals surface area contributed by atoms with Crippen LogP contribution in [0.3, 0.4) is 0 Å². The van der Waals surface area contributed by atoms with Gasteiger partial charge in [-0.05, 0) is 86.0 Å². The normalized spacial score (nSPS) is 16.3. The lowest BCUT2D eigenvalue weighted by Crippen LogP contribution is -2.19. The number of para-hydroxylation sites is 1. The minimum atomic E-state index is -0.107. The lowest BCUT2D eigenvalue weighted by atomic mass is 10.1. The van der Waals surface area contributed by atoms with E-state index < -0.39 is 0 Å². The van der Waals surface area contributed by atoms with Gasteiger partial charge in [-0.1, -0.05) is 43.7 Å². The Morgan fingerprint density at radius 2 is 1.81 bits per heavy atom. The Labute approximate surface area is 188 Å². The standard InChI is InChI=1S/C26H27N3OS/c1-4-5-9-20-12-14-23(15-13-20)29-18(2)16-21(19(29)3)17-24-25(30)28-26(31-24)27-22-10-7-6-8-11-22/h6-8,10-17H,4-5,9H2,1-3H3,(H,27,28,30). The van der Waals surface area contributed by atoms with Gasteiger partial charge < -0.3 is 9.88 Å². The maximum absolute atomic E-state index is 12.5. The fourth-order valence-corrected chi connectivity index (χ4v) is 4.60. The van der Waals surface area contributed by atoms with Crippen LogP contribution in [0.25, 0.3) is 11.8 Å². The van der Waals surface area contributed by atoms with Gasteiger partial charge in [0.15, 0.2) is 5.17 Å². The number of benzene rings is 2. The summed E-state index contributed by atoms with van der Waals surface area (Å²) >= 11 is 1.38. The molecule has 1 amide bonds. The Hall–Kier alpha value is -3.05. The van der Waals surface area contributed by atoms with Crippen molar-refractivity contribution in [3.05, 3.63) is 88.1 Å². The van der Waals surface area contributed by atoms with E-state index in [0.717, 1.165) is 34.7 Å². The third-order valence-electron chi connectivity index (χ3n) is 5.41. The summed E-state index contributed by atoms with van der Waals surface area (Å²) < 4.78 is 2.24. The van der Waals surface area contributed by atoms with Gasteiger partial charge in [0, 0.05) is 17.1 Å². The van der Waals surface area contributed by atoms with Crippen molar-refractivity contribution >= 4 is 34.6 Å². The van der Waals surface area contributed by atoms with E-state index in [4.69, 9.17) is 0 Å². The van der Waals surface area contributed by atoms with Gasteiger partial charge in [-0.3, -0.25) is 4.79 Å². The van der Waals surface area contributed by atoms with E-state index in [-0.39, 0.29) is 5.91 Å². The predicted octanol–water partition coefficient (Wildman–Crippen LogP) is 6.33. The molecule has 5 heteroatoms. The average molecular weight is 430 g/mol. The van der Waals surface area contributed by atoms with Crippen LogP contribution in [0.1, 0.15) is 42.3 Å². The number of amides is 1. The molecule has 1 saturated heterocycles. The molecule has 4 nitrogen and oxygen atoms in total. The molecule has 4 rings (SSSR count). The van der Waals surface area contributed by atoms with Crippen LogP contribution < -0.4 is 5.32 Å². The largest absolute Gasteiger partial charge is 0.318 e. The number of amidine groups is 1. The molecule has 31 heavy (non-hydrogen) atoms. The van der Waals surface area contributed by atoms with Gasteiger partial charge in [0.1, 0.15) is 0 Å². The van der Waals surface area contributed by atoms with Crippen LogP contribution >= 0.6 is 11.8 Å². The highest BCUT2D eigenvalue weighted by Crippen LogP contribution is 2.30. The Bertz CT molecular complexity index is 1140. The third kappa shape index (κ3) is 4.83. The fraction of sp³-hybridized carbons (Fsp3) is 0.231. The molecule has 0 bridgehead atoms. The number of nitrogens with one attached hydrogen (secondary N) is 1. The first-order chi connectivity index (χ1) is 15.0. The number of hydrogen-bond donors (Lipinski definition) is 1. The molecule has 1 N–H and O–H groups in total. The molecule has 0 saturated carbocycles. The van der Waals surface area contributed by atoms with Crippen LogP contribution in [0.5, 0.6) is 0 Å². The number of carbonyl (C=O) groups excluding carboxylic acids is 1. The number of thioether (sulfide) groups is 1. The molecule has 0 aliphatic carbocycles. The van der Waals surface area contributed by atoms with Crippen LogP contribution in [-0.2, 0) is 11.2 Å². The maximum atomic E-state index is 12.5. The van der Waals surface area contributed by atoms with E-state index in [2.05, 4.69) is 66.0 Å². The first-order valence-electron chi connectivity index (χ1n) is 10.7. The second-order valence-corrected chi connectivity index (χ2v) is 8.78. The third-order valence-corrected chi connectivity index (χ3v) is 6.32. The molecule has 0 atom stereocenters. The van der Waals surface area contributed by atoms with Crippen molar-refractivity contribution < 1.29 is 4.79 Å². The zero-order valence-electron chi connectivity index (χ0n) is 18.2. The minimum absolute atomic E-state index is 0.107. The van der Waals surface area contributed by atoms with Crippen molar-refractivity contribution in [3.63, 3.8) is 0 Å². The first kappa shape index (κ1) is 21.2. The van der Waals surface area contributed by atoms with Gasteiger partial charge in [-0.2, -0.15) is 0 Å². The lowest BCUT2D eigenvalue weighted by molar-refractivity contribution is -0.115. The molecule has 1 aromatic heterocycles. The molecule has 1 aliphatic heterocycles. The maximum Gasteiger partial charge on any atom is 0.264 e. The van der Waals surface area contributed by atoms with Crippen molar-refractivity contribution in [3.8, 4) is 5.69 Å². The Morgan fingerprint density at radius 3 is 2.52 bits per heavy atom. The van der Waals surface area contributed by atoms with Gasteiger partial charge >= 0.3 is 0 Å². The van der Waals surface area contributed by atoms with E-state index in [9.17, 15) is 4.79 Å². The minimum Gasteiger partial charge on any atom is -0.318 e. The van der Waals surface area contributed by atoms with Gasteiger partial charge in [0.25, 0.3) is 5.91 Å². The quantitative estimate of drug-likeness (QED) is 0.466. The monoisotopic (exact) mass is 429 g/mol. The number of hydrogen-bond acceptors (Lipinski definition) is 3. The zero-order chi connectivity index (χ0) is 21.8. The van der Waals surface area contributed by atoms with Crippen LogP contribution in [-0.4, -0.2) is 15.6 Å². The summed E-state index contributed by atoms with van der Waals surface area (Å²) in [5.41, 5.74) is 6.66. The van der Waals surface area contributed by atoms with Gasteiger partial charge in [0.05, 0.1) is 10.6 Å². The van der Waals surface area contributed by atoms with Crippen LogP contribution in [0.2, 0.25) is 0 Å². The highest BCUT2D eigenvalue weighted by molar-refractivity contribution is 8.18. The first-order valence-corrected chi connectivity index (χ1v) is 11.5. The Kier molecular flexibility index (Phi) is 6.42. The number of rotatable bonds is 6. The molecule has 2 aromatic carbocycles. The van der Waals surface area contributed by atoms with Crippen LogP contribution in [0.15, 0.2) is 70.6 Å². The van der Waals surface area contributed by atoms with Crippen molar-refractivity contribution in [2.24, 2.45) is 4.99 Å². The number of carbonyl (C=O) groups is 1. The highest BCUT2D eigenvalue weighted by atomic mass is 32.2. The summed E-state index contributed by atoms with van der Waals surface area (Å²) in [5.74, 6) is -0.107. The zero-order valence-corrected chi connectivity index (χ0v) is 19.0. The summed E-state index contributed by atoms with van der Waals surface area (Å²) in [5, 5.41) is 3.48. The summed E-state index contributed by atoms with van der Waals surface area (Å²) in [6, 6.07) is 20.6. The summed E-state index contributed by atoms with van der Waals surface area (Å²) in [6.45, 7) is 6.42. The van der Waals surface area contributed by atoms with Gasteiger partial charge in [-0.25, -0.2) is 4.99 Å². The van der Waals surface area contributed by atoms with Crippen molar-refractivity contribution in [1.29, 1.82) is 0 Å². The molecule has 0 radical (unpaired) electrons. The predicted molar refractivity (Wildman–Crippen MR) is 131 cm³/mol. The number of unbranched alkanes of at least 4 members (excludes halogenated alkanes) is 1. The SMILES string of the molecule is CCCCc1ccc(-n2c(C)cc(C=C3SC(=Nc4ccccc4)NC3=O)c2C)cc1. The molecular formula is C26H27N3OS. The second-order valence-electron chi connectivity index (χ2n) is 7.75.